The minimum absolute atomic E-state index is 0.106. The number of carboxylic acid groups (broad SMARTS) is 1. The summed E-state index contributed by atoms with van der Waals surface area (Å²) in [5, 5.41) is 11.7. The van der Waals surface area contributed by atoms with Crippen molar-refractivity contribution in [2.75, 3.05) is 22.8 Å². The summed E-state index contributed by atoms with van der Waals surface area (Å²) in [6.45, 7) is 5.61. The highest BCUT2D eigenvalue weighted by Crippen LogP contribution is 2.39. The van der Waals surface area contributed by atoms with Gasteiger partial charge >= 0.3 is 12.1 Å². The molecule has 178 valence electrons. The van der Waals surface area contributed by atoms with Crippen molar-refractivity contribution < 1.29 is 37.0 Å². The van der Waals surface area contributed by atoms with Crippen LogP contribution in [0.3, 0.4) is 0 Å². The molecule has 11 heteroatoms. The maximum atomic E-state index is 13.3. The number of hydrogen-bond donors (Lipinski definition) is 2. The number of sulfonamides is 1. The number of carbonyl (C=O) groups excluding carboxylic acids is 1. The summed E-state index contributed by atoms with van der Waals surface area (Å²) < 4.78 is 51.8. The Morgan fingerprint density at radius 2 is 1.88 bits per heavy atom. The molecule has 2 N–H and O–H groups in total. The Kier molecular flexibility index (Phi) is 6.82. The van der Waals surface area contributed by atoms with Gasteiger partial charge < -0.3 is 14.6 Å². The van der Waals surface area contributed by atoms with Crippen LogP contribution < -0.4 is 14.4 Å². The predicted octanol–water partition coefficient (Wildman–Crippen LogP) is 3.85. The number of carbonyl (C=O) groups is 2. The zero-order valence-electron chi connectivity index (χ0n) is 18.4. The number of nitrogens with one attached hydrogen (secondary N) is 1. The van der Waals surface area contributed by atoms with E-state index in [1.54, 1.807) is 0 Å². The third-order valence-electron chi connectivity index (χ3n) is 4.58. The number of hydrogen-bond acceptors (Lipinski definition) is 6. The van der Waals surface area contributed by atoms with Crippen LogP contribution in [0.2, 0.25) is 0 Å². The molecule has 1 amide bonds. The van der Waals surface area contributed by atoms with Gasteiger partial charge in [-0.3, -0.25) is 14.4 Å². The summed E-state index contributed by atoms with van der Waals surface area (Å²) >= 11 is 0. The molecule has 1 aliphatic heterocycles. The van der Waals surface area contributed by atoms with Gasteiger partial charge in [0.15, 0.2) is 0 Å². The van der Waals surface area contributed by atoms with E-state index in [1.807, 2.05) is 20.8 Å². The van der Waals surface area contributed by atoms with Gasteiger partial charge in [0.25, 0.3) is 10.0 Å². The monoisotopic (exact) mass is 480 g/mol. The lowest BCUT2D eigenvalue weighted by molar-refractivity contribution is -0.138. The molecule has 1 heterocycles. The van der Waals surface area contributed by atoms with Gasteiger partial charge in [0, 0.05) is 5.69 Å². The first-order chi connectivity index (χ1) is 15.3. The maximum Gasteiger partial charge on any atom is 0.411 e. The molecule has 2 aromatic rings. The van der Waals surface area contributed by atoms with Crippen LogP contribution in [0.25, 0.3) is 0 Å². The fraction of sp³-hybridized carbons (Fsp3) is 0.364. The predicted molar refractivity (Wildman–Crippen MR) is 118 cm³/mol. The molecule has 0 saturated carbocycles. The lowest BCUT2D eigenvalue weighted by atomic mass is 9.99. The number of anilines is 2. The maximum absolute atomic E-state index is 13.3. The van der Waals surface area contributed by atoms with E-state index in [4.69, 9.17) is 14.6 Å². The van der Waals surface area contributed by atoms with Gasteiger partial charge in [-0.1, -0.05) is 20.8 Å². The van der Waals surface area contributed by atoms with E-state index in [0.717, 1.165) is 28.6 Å². The smallest absolute Gasteiger partial charge is 0.411 e. The average Bonchev–Trinajstić information content (AvgIpc) is 2.71. The number of benzene rings is 2. The van der Waals surface area contributed by atoms with Crippen LogP contribution >= 0.6 is 0 Å². The van der Waals surface area contributed by atoms with E-state index in [0.29, 0.717) is 0 Å². The van der Waals surface area contributed by atoms with Crippen molar-refractivity contribution in [3.05, 3.63) is 48.3 Å². The van der Waals surface area contributed by atoms with Gasteiger partial charge in [-0.25, -0.2) is 17.6 Å². The third kappa shape index (κ3) is 6.13. The van der Waals surface area contributed by atoms with E-state index >= 15 is 0 Å². The fourth-order valence-corrected chi connectivity index (χ4v) is 4.59. The molecule has 0 bridgehead atoms. The standard InChI is InChI=1S/C22H25FN2O7S/c1-22(2,3)13-31-21(28)24-15-6-9-19-18(10-15)25(12-16(32-19)11-20(26)27)33(29,30)17-7-4-14(23)5-8-17/h4-10,16H,11-13H2,1-3H3,(H,24,28)(H,26,27)/t16-/m0/s1. The van der Waals surface area contributed by atoms with Gasteiger partial charge in [-0.15, -0.1) is 0 Å². The Morgan fingerprint density at radius 3 is 2.48 bits per heavy atom. The van der Waals surface area contributed by atoms with Crippen molar-refractivity contribution in [2.45, 2.75) is 38.2 Å². The minimum Gasteiger partial charge on any atom is -0.486 e. The first-order valence-electron chi connectivity index (χ1n) is 10.1. The zero-order chi connectivity index (χ0) is 24.4. The second-order valence-corrected chi connectivity index (χ2v) is 10.6. The van der Waals surface area contributed by atoms with Gasteiger partial charge in [0.1, 0.15) is 17.7 Å². The molecule has 9 nitrogen and oxygen atoms in total. The SMILES string of the molecule is CC(C)(C)COC(=O)Nc1ccc2c(c1)N(S(=O)(=O)c1ccc(F)cc1)C[C@H](CC(=O)O)O2. The van der Waals surface area contributed by atoms with Gasteiger partial charge in [0.05, 0.1) is 30.2 Å². The molecule has 1 atom stereocenters. The van der Waals surface area contributed by atoms with Crippen LogP contribution in [0.4, 0.5) is 20.6 Å². The summed E-state index contributed by atoms with van der Waals surface area (Å²) in [5.74, 6) is -1.62. The topological polar surface area (TPSA) is 122 Å². The number of fused-ring (bicyclic) bond motifs is 1. The van der Waals surface area contributed by atoms with Crippen molar-refractivity contribution in [1.82, 2.24) is 0 Å². The molecule has 3 rings (SSSR count). The highest BCUT2D eigenvalue weighted by Gasteiger charge is 2.35. The van der Waals surface area contributed by atoms with Gasteiger partial charge in [-0.05, 0) is 47.9 Å². The van der Waals surface area contributed by atoms with Crippen LogP contribution in [0.5, 0.6) is 5.75 Å². The summed E-state index contributed by atoms with van der Waals surface area (Å²) in [7, 11) is -4.19. The molecule has 0 aromatic heterocycles. The number of rotatable bonds is 6. The van der Waals surface area contributed by atoms with E-state index in [2.05, 4.69) is 5.32 Å². The Hall–Kier alpha value is -3.34. The molecule has 1 aliphatic rings. The largest absolute Gasteiger partial charge is 0.486 e. The number of ether oxygens (including phenoxy) is 2. The molecule has 0 aliphatic carbocycles. The van der Waals surface area contributed by atoms with Crippen molar-refractivity contribution >= 4 is 33.5 Å². The molecule has 0 saturated heterocycles. The summed E-state index contributed by atoms with van der Waals surface area (Å²) in [6.07, 6.45) is -2.08. The molecule has 33 heavy (non-hydrogen) atoms. The average molecular weight is 481 g/mol. The van der Waals surface area contributed by atoms with Crippen LogP contribution in [0.1, 0.15) is 27.2 Å². The zero-order valence-corrected chi connectivity index (χ0v) is 19.2. The first-order valence-corrected chi connectivity index (χ1v) is 11.5. The molecule has 2 aromatic carbocycles. The van der Waals surface area contributed by atoms with Crippen LogP contribution in [0, 0.1) is 11.2 Å². The van der Waals surface area contributed by atoms with Crippen molar-refractivity contribution in [1.29, 1.82) is 0 Å². The molecular weight excluding hydrogens is 455 g/mol. The van der Waals surface area contributed by atoms with Crippen molar-refractivity contribution in [3.8, 4) is 5.75 Å². The van der Waals surface area contributed by atoms with E-state index in [9.17, 15) is 22.4 Å². The second kappa shape index (κ2) is 9.26. The Morgan fingerprint density at radius 1 is 1.21 bits per heavy atom. The van der Waals surface area contributed by atoms with E-state index < -0.39 is 40.4 Å². The Labute approximate surface area is 191 Å². The van der Waals surface area contributed by atoms with Gasteiger partial charge in [-0.2, -0.15) is 0 Å². The summed E-state index contributed by atoms with van der Waals surface area (Å²) in [6, 6.07) is 8.61. The second-order valence-electron chi connectivity index (χ2n) is 8.77. The van der Waals surface area contributed by atoms with Crippen molar-refractivity contribution in [3.63, 3.8) is 0 Å². The Balaban J connectivity index is 1.94. The number of nitrogens with zero attached hydrogens (tertiary/aromatic N) is 1. The van der Waals surface area contributed by atoms with Crippen LogP contribution in [-0.4, -0.2) is 44.8 Å². The lowest BCUT2D eigenvalue weighted by Crippen LogP contribution is -2.44. The summed E-state index contributed by atoms with van der Waals surface area (Å²) in [5.41, 5.74) is 0.127. The number of carboxylic acids is 1. The molecule has 0 spiro atoms. The molecule has 0 fully saturated rings. The molecular formula is C22H25FN2O7S. The quantitative estimate of drug-likeness (QED) is 0.644. The highest BCUT2D eigenvalue weighted by molar-refractivity contribution is 7.92. The lowest BCUT2D eigenvalue weighted by Gasteiger charge is -2.35. The van der Waals surface area contributed by atoms with E-state index in [1.165, 1.54) is 18.2 Å². The van der Waals surface area contributed by atoms with E-state index in [-0.39, 0.29) is 40.6 Å². The van der Waals surface area contributed by atoms with Crippen molar-refractivity contribution in [2.24, 2.45) is 5.41 Å². The fourth-order valence-electron chi connectivity index (χ4n) is 3.09. The molecule has 0 unspecified atom stereocenters. The normalized spacial score (nSPS) is 15.9. The summed E-state index contributed by atoms with van der Waals surface area (Å²) in [4.78, 5) is 23.2. The number of amides is 1. The third-order valence-corrected chi connectivity index (χ3v) is 6.37. The van der Waals surface area contributed by atoms with Gasteiger partial charge in [0.2, 0.25) is 0 Å². The Bertz CT molecular complexity index is 1140. The number of aliphatic carboxylic acids is 1. The van der Waals surface area contributed by atoms with Crippen LogP contribution in [0.15, 0.2) is 47.4 Å². The number of halogens is 1. The van der Waals surface area contributed by atoms with Crippen LogP contribution in [-0.2, 0) is 19.6 Å². The molecule has 0 radical (unpaired) electrons. The highest BCUT2D eigenvalue weighted by atomic mass is 32.2. The first kappa shape index (κ1) is 24.3. The minimum atomic E-state index is -4.19.